The van der Waals surface area contributed by atoms with Crippen molar-refractivity contribution in [2.75, 3.05) is 13.2 Å². The molecule has 2 aromatic heterocycles. The molecule has 4 rings (SSSR count). The van der Waals surface area contributed by atoms with E-state index in [1.54, 1.807) is 21.8 Å². The van der Waals surface area contributed by atoms with Crippen LogP contribution in [0, 0.1) is 6.92 Å². The van der Waals surface area contributed by atoms with Crippen molar-refractivity contribution >= 4 is 17.5 Å². The molecule has 29 heavy (non-hydrogen) atoms. The van der Waals surface area contributed by atoms with Gasteiger partial charge < -0.3 is 9.64 Å². The third kappa shape index (κ3) is 3.35. The van der Waals surface area contributed by atoms with Crippen LogP contribution in [0.1, 0.15) is 47.2 Å². The highest BCUT2D eigenvalue weighted by Gasteiger charge is 2.34. The van der Waals surface area contributed by atoms with E-state index in [0.717, 1.165) is 17.0 Å². The number of benzene rings is 1. The fraction of sp³-hybridized carbons (Fsp3) is 0.333. The number of ether oxygens (including phenoxy) is 1. The standard InChI is InChI=1S/C21H22ClN5O2/c1-4-29-17-9-6-11-23-20(17)27-16-10-12-26(14(3)19(16)24-25-27)21(28)15-8-5-7-13(2)18(15)22/h5-9,11,14H,4,10,12H2,1-3H3/t14-/m1/s1. The van der Waals surface area contributed by atoms with Crippen LogP contribution in [0.25, 0.3) is 5.82 Å². The lowest BCUT2D eigenvalue weighted by Crippen LogP contribution is -2.39. The van der Waals surface area contributed by atoms with Gasteiger partial charge in [0.1, 0.15) is 5.69 Å². The van der Waals surface area contributed by atoms with Crippen molar-refractivity contribution < 1.29 is 9.53 Å². The van der Waals surface area contributed by atoms with E-state index in [2.05, 4.69) is 15.3 Å². The Labute approximate surface area is 174 Å². The van der Waals surface area contributed by atoms with Crippen LogP contribution in [0.5, 0.6) is 5.75 Å². The second-order valence-corrected chi connectivity index (χ2v) is 7.33. The van der Waals surface area contributed by atoms with Crippen LogP contribution >= 0.6 is 11.6 Å². The van der Waals surface area contributed by atoms with Crippen molar-refractivity contribution in [3.63, 3.8) is 0 Å². The molecule has 0 spiro atoms. The molecule has 1 aliphatic heterocycles. The summed E-state index contributed by atoms with van der Waals surface area (Å²) in [5.74, 6) is 1.16. The van der Waals surface area contributed by atoms with Gasteiger partial charge >= 0.3 is 0 Å². The normalized spacial score (nSPS) is 15.9. The first kappa shape index (κ1) is 19.4. The highest BCUT2D eigenvalue weighted by Crippen LogP contribution is 2.33. The quantitative estimate of drug-likeness (QED) is 0.653. The van der Waals surface area contributed by atoms with Crippen LogP contribution in [0.3, 0.4) is 0 Å². The largest absolute Gasteiger partial charge is 0.490 e. The number of hydrogen-bond acceptors (Lipinski definition) is 5. The molecule has 0 aliphatic carbocycles. The first-order valence-corrected chi connectivity index (χ1v) is 9.99. The van der Waals surface area contributed by atoms with Crippen LogP contribution in [-0.4, -0.2) is 43.9 Å². The lowest BCUT2D eigenvalue weighted by molar-refractivity contribution is 0.0672. The molecule has 0 radical (unpaired) electrons. The predicted molar refractivity (Wildman–Crippen MR) is 110 cm³/mol. The Morgan fingerprint density at radius 2 is 2.14 bits per heavy atom. The lowest BCUT2D eigenvalue weighted by Gasteiger charge is -2.33. The molecule has 0 N–H and O–H groups in total. The lowest BCUT2D eigenvalue weighted by atomic mass is 10.0. The minimum atomic E-state index is -0.226. The second kappa shape index (κ2) is 7.83. The van der Waals surface area contributed by atoms with Crippen molar-refractivity contribution in [1.29, 1.82) is 0 Å². The Morgan fingerprint density at radius 3 is 2.93 bits per heavy atom. The summed E-state index contributed by atoms with van der Waals surface area (Å²) >= 11 is 6.38. The van der Waals surface area contributed by atoms with Gasteiger partial charge in [-0.05, 0) is 44.5 Å². The average Bonchev–Trinajstić information content (AvgIpc) is 3.15. The Kier molecular flexibility index (Phi) is 5.24. The van der Waals surface area contributed by atoms with E-state index >= 15 is 0 Å². The van der Waals surface area contributed by atoms with Gasteiger partial charge in [0, 0.05) is 19.2 Å². The van der Waals surface area contributed by atoms with E-state index in [0.29, 0.717) is 41.7 Å². The van der Waals surface area contributed by atoms with Crippen LogP contribution < -0.4 is 4.74 Å². The molecule has 0 saturated carbocycles. The molecule has 150 valence electrons. The summed E-state index contributed by atoms with van der Waals surface area (Å²) in [6.45, 7) is 6.86. The van der Waals surface area contributed by atoms with Crippen LogP contribution in [0.15, 0.2) is 36.5 Å². The molecule has 0 fully saturated rings. The Balaban J connectivity index is 1.67. The summed E-state index contributed by atoms with van der Waals surface area (Å²) in [7, 11) is 0. The number of nitrogens with zero attached hydrogens (tertiary/aromatic N) is 5. The fourth-order valence-corrected chi connectivity index (χ4v) is 3.87. The maximum atomic E-state index is 13.2. The molecule has 7 nitrogen and oxygen atoms in total. The molecule has 8 heteroatoms. The van der Waals surface area contributed by atoms with Gasteiger partial charge in [-0.2, -0.15) is 4.68 Å². The van der Waals surface area contributed by atoms with Gasteiger partial charge in [-0.3, -0.25) is 4.79 Å². The summed E-state index contributed by atoms with van der Waals surface area (Å²) in [6.07, 6.45) is 2.32. The number of hydrogen-bond donors (Lipinski definition) is 0. The molecule has 1 amide bonds. The molecule has 1 aliphatic rings. The number of aromatic nitrogens is 4. The van der Waals surface area contributed by atoms with Crippen molar-refractivity contribution in [2.45, 2.75) is 33.2 Å². The number of halogens is 1. The number of rotatable bonds is 4. The Hall–Kier alpha value is -2.93. The minimum Gasteiger partial charge on any atom is -0.490 e. The van der Waals surface area contributed by atoms with Crippen molar-refractivity contribution in [1.82, 2.24) is 24.9 Å². The third-order valence-corrected chi connectivity index (χ3v) is 5.68. The van der Waals surface area contributed by atoms with Gasteiger partial charge in [0.05, 0.1) is 28.9 Å². The number of pyridine rings is 1. The molecule has 1 aromatic carbocycles. The molecule has 3 heterocycles. The summed E-state index contributed by atoms with van der Waals surface area (Å²) in [4.78, 5) is 19.4. The van der Waals surface area contributed by atoms with Crippen molar-refractivity contribution in [3.05, 3.63) is 64.1 Å². The van der Waals surface area contributed by atoms with E-state index < -0.39 is 0 Å². The average molecular weight is 412 g/mol. The summed E-state index contributed by atoms with van der Waals surface area (Å²) in [5, 5.41) is 9.19. The number of carbonyl (C=O) groups excluding carboxylic acids is 1. The molecule has 0 bridgehead atoms. The third-order valence-electron chi connectivity index (χ3n) is 5.18. The van der Waals surface area contributed by atoms with E-state index in [1.807, 2.05) is 45.0 Å². The second-order valence-electron chi connectivity index (χ2n) is 6.95. The highest BCUT2D eigenvalue weighted by atomic mass is 35.5. The van der Waals surface area contributed by atoms with Crippen molar-refractivity contribution in [3.8, 4) is 11.6 Å². The molecule has 0 unspecified atom stereocenters. The number of amides is 1. The number of fused-ring (bicyclic) bond motifs is 1. The van der Waals surface area contributed by atoms with E-state index in [9.17, 15) is 4.79 Å². The van der Waals surface area contributed by atoms with E-state index in [1.165, 1.54) is 0 Å². The van der Waals surface area contributed by atoms with Gasteiger partial charge in [0.15, 0.2) is 11.6 Å². The fourth-order valence-electron chi connectivity index (χ4n) is 3.66. The highest BCUT2D eigenvalue weighted by molar-refractivity contribution is 6.34. The maximum Gasteiger partial charge on any atom is 0.255 e. The van der Waals surface area contributed by atoms with Gasteiger partial charge in [0.2, 0.25) is 0 Å². The monoisotopic (exact) mass is 411 g/mol. The van der Waals surface area contributed by atoms with Crippen LogP contribution in [0.4, 0.5) is 0 Å². The van der Waals surface area contributed by atoms with E-state index in [4.69, 9.17) is 16.3 Å². The number of aryl methyl sites for hydroxylation is 1. The van der Waals surface area contributed by atoms with Crippen molar-refractivity contribution in [2.24, 2.45) is 0 Å². The summed E-state index contributed by atoms with van der Waals surface area (Å²) in [6, 6.07) is 8.97. The molecular formula is C21H22ClN5O2. The SMILES string of the molecule is CCOc1cccnc1-n1nnc2c1CCN(C(=O)c1cccc(C)c1Cl)[C@@H]2C. The van der Waals surface area contributed by atoms with Gasteiger partial charge in [-0.15, -0.1) is 5.10 Å². The minimum absolute atomic E-state index is 0.0979. The summed E-state index contributed by atoms with van der Waals surface area (Å²) in [5.41, 5.74) is 3.10. The van der Waals surface area contributed by atoms with Crippen LogP contribution in [0.2, 0.25) is 5.02 Å². The van der Waals surface area contributed by atoms with Gasteiger partial charge in [-0.1, -0.05) is 28.9 Å². The first-order chi connectivity index (χ1) is 14.0. The zero-order valence-corrected chi connectivity index (χ0v) is 17.3. The Morgan fingerprint density at radius 1 is 1.31 bits per heavy atom. The Bertz CT molecular complexity index is 1060. The van der Waals surface area contributed by atoms with Crippen LogP contribution in [-0.2, 0) is 6.42 Å². The molecule has 0 saturated heterocycles. The van der Waals surface area contributed by atoms with Gasteiger partial charge in [0.25, 0.3) is 5.91 Å². The molecule has 1 atom stereocenters. The predicted octanol–water partition coefficient (Wildman–Crippen LogP) is 3.78. The van der Waals surface area contributed by atoms with Gasteiger partial charge in [-0.25, -0.2) is 4.98 Å². The van der Waals surface area contributed by atoms with E-state index in [-0.39, 0.29) is 11.9 Å². The first-order valence-electron chi connectivity index (χ1n) is 9.61. The smallest absolute Gasteiger partial charge is 0.255 e. The summed E-state index contributed by atoms with van der Waals surface area (Å²) < 4.78 is 7.41. The molecular weight excluding hydrogens is 390 g/mol. The zero-order chi connectivity index (χ0) is 20.5. The zero-order valence-electron chi connectivity index (χ0n) is 16.6. The molecule has 3 aromatic rings. The number of carbonyl (C=O) groups is 1. The maximum absolute atomic E-state index is 13.2. The topological polar surface area (TPSA) is 73.1 Å².